The largest absolute Gasteiger partial charge is 0.507 e. The van der Waals surface area contributed by atoms with Crippen LogP contribution >= 0.6 is 173 Å². The average molecular weight is 1690 g/mol. The molecule has 2 heterocycles. The summed E-state index contributed by atoms with van der Waals surface area (Å²) in [5.74, 6) is 1.36. The van der Waals surface area contributed by atoms with E-state index in [0.29, 0.717) is 70.9 Å². The molecule has 0 aliphatic heterocycles. The van der Waals surface area contributed by atoms with E-state index in [0.717, 1.165) is 38.3 Å². The zero-order valence-corrected chi connectivity index (χ0v) is 52.5. The first-order chi connectivity index (χ1) is 32.7. The number of hydrogen-bond acceptors (Lipinski definition) is 13. The van der Waals surface area contributed by atoms with Crippen LogP contribution in [0.15, 0.2) is 106 Å². The third-order valence-corrected chi connectivity index (χ3v) is 14.3. The number of nitrogens with zero attached hydrogens (tertiary/aromatic N) is 4. The van der Waals surface area contributed by atoms with Crippen molar-refractivity contribution in [3.05, 3.63) is 168 Å². The fourth-order valence-electron chi connectivity index (χ4n) is 4.97. The van der Waals surface area contributed by atoms with Gasteiger partial charge in [0.15, 0.2) is 12.6 Å². The van der Waals surface area contributed by atoms with E-state index >= 15 is 0 Å². The Bertz CT molecular complexity index is 2660. The number of nitriles is 2. The van der Waals surface area contributed by atoms with Crippen LogP contribution in [-0.4, -0.2) is 55.5 Å². The minimum Gasteiger partial charge on any atom is -0.507 e. The van der Waals surface area contributed by atoms with E-state index in [9.17, 15) is 14.7 Å². The smallest absolute Gasteiger partial charge is 0.270 e. The lowest BCUT2D eigenvalue weighted by Crippen LogP contribution is -2.14. The van der Waals surface area contributed by atoms with E-state index in [2.05, 4.69) is 138 Å². The van der Waals surface area contributed by atoms with Crippen molar-refractivity contribution in [2.24, 2.45) is 0 Å². The molecule has 0 radical (unpaired) electrons. The number of pyridine rings is 2. The molecule has 4 aromatic carbocycles. The molecule has 0 aliphatic carbocycles. The summed E-state index contributed by atoms with van der Waals surface area (Å²) < 4.78 is 35.1. The molecule has 2 aromatic heterocycles. The number of methoxy groups -OCH3 is 3. The van der Waals surface area contributed by atoms with Gasteiger partial charge in [-0.25, -0.2) is 9.97 Å². The maximum atomic E-state index is 11.4. The molecule has 0 unspecified atom stereocenters. The Morgan fingerprint density at radius 1 is 0.667 bits per heavy atom. The van der Waals surface area contributed by atoms with Gasteiger partial charge in [0, 0.05) is 116 Å². The number of phenols is 1. The van der Waals surface area contributed by atoms with Crippen LogP contribution in [0.3, 0.4) is 0 Å². The number of aromatic nitrogens is 2. The Labute approximate surface area is 499 Å². The third-order valence-electron chi connectivity index (χ3n) is 8.23. The number of alkyl halides is 1. The van der Waals surface area contributed by atoms with Crippen molar-refractivity contribution in [3.63, 3.8) is 0 Å². The second-order valence-electron chi connectivity index (χ2n) is 12.6. The van der Waals surface area contributed by atoms with Crippen LogP contribution in [0.5, 0.6) is 23.0 Å². The van der Waals surface area contributed by atoms with Crippen molar-refractivity contribution in [1.29, 1.82) is 10.5 Å². The summed E-state index contributed by atoms with van der Waals surface area (Å²) in [5.41, 5.74) is 4.78. The number of halogens is 10. The minimum atomic E-state index is -0.514. The van der Waals surface area contributed by atoms with Crippen LogP contribution in [-0.2, 0) is 39.9 Å². The molecular formula is C46H38Br2Cl3I5N4O9. The lowest BCUT2D eigenvalue weighted by atomic mass is 10.2. The molecule has 69 heavy (non-hydrogen) atoms. The molecular weight excluding hydrogens is 1650 g/mol. The van der Waals surface area contributed by atoms with Crippen molar-refractivity contribution in [3.8, 4) is 35.1 Å². The topological polar surface area (TPSA) is 183 Å². The second kappa shape index (κ2) is 36.9. The number of hydrogen-bond donors (Lipinski definition) is 1. The fourth-order valence-corrected chi connectivity index (χ4v) is 7.45. The minimum absolute atomic E-state index is 0. The van der Waals surface area contributed by atoms with Crippen LogP contribution in [0.1, 0.15) is 54.4 Å². The molecule has 0 saturated heterocycles. The van der Waals surface area contributed by atoms with Gasteiger partial charge in [-0.15, -0.1) is 35.6 Å². The Balaban J connectivity index is 0.000000512. The summed E-state index contributed by atoms with van der Waals surface area (Å²) in [6.45, 7) is 0.255. The summed E-state index contributed by atoms with van der Waals surface area (Å²) >= 11 is 33.5. The normalized spacial score (nSPS) is 9.72. The highest BCUT2D eigenvalue weighted by Gasteiger charge is 2.14. The standard InChI is InChI=1S/C21H13BrClIN2O3.C14H9BrClIO3.C7H5ClN2.C4H10O3.I2.HI/c22-21-14(2-1-3-18(21)24)12-29-20-8-19(15(10-27)7-17(20)23)28-11-13-4-5-26-16(6-13)9-25;15-14-8(2-1-3-11(14)17)7-20-13-5-12(19)9(6-18)4-10(13)16;8-4-6-1-2-10-7(3-6)5-9;1-5-4(6-2)7-3;1-2;/h1-8,10H,11-12H2;1-6,19H,7H2;1-3H,4H2;4H,1-3H3;;1H. The van der Waals surface area contributed by atoms with Gasteiger partial charge in [-0.1, -0.05) is 47.5 Å². The molecule has 1 N–H and O–H groups in total. The van der Waals surface area contributed by atoms with Crippen molar-refractivity contribution < 1.29 is 43.1 Å². The molecule has 0 aliphatic rings. The first-order valence-electron chi connectivity index (χ1n) is 18.7. The van der Waals surface area contributed by atoms with Gasteiger partial charge in [0.05, 0.1) is 21.2 Å². The number of rotatable bonds is 15. The van der Waals surface area contributed by atoms with Gasteiger partial charge < -0.3 is 33.5 Å². The molecule has 6 rings (SSSR count). The van der Waals surface area contributed by atoms with Crippen LogP contribution in [0.4, 0.5) is 0 Å². The molecule has 366 valence electrons. The molecule has 0 atom stereocenters. The molecule has 0 amide bonds. The van der Waals surface area contributed by atoms with Crippen LogP contribution in [0, 0.1) is 29.8 Å². The van der Waals surface area contributed by atoms with Gasteiger partial charge in [0.1, 0.15) is 66.3 Å². The number of carbonyl (C=O) groups is 2. The monoisotopic (exact) mass is 1690 g/mol. The Kier molecular flexibility index (Phi) is 34.8. The first-order valence-corrected chi connectivity index (χ1v) is 30.1. The second-order valence-corrected chi connectivity index (χ2v) is 17.6. The predicted octanol–water partition coefficient (Wildman–Crippen LogP) is 15.0. The van der Waals surface area contributed by atoms with Crippen molar-refractivity contribution in [1.82, 2.24) is 9.97 Å². The maximum absolute atomic E-state index is 11.4. The number of aromatic hydroxyl groups is 1. The van der Waals surface area contributed by atoms with Gasteiger partial charge >= 0.3 is 0 Å². The summed E-state index contributed by atoms with van der Waals surface area (Å²) in [5, 5.41) is 27.6. The first kappa shape index (κ1) is 65.1. The van der Waals surface area contributed by atoms with E-state index < -0.39 is 6.48 Å². The fraction of sp³-hybridized carbons (Fsp3) is 0.174. The molecule has 6 aromatic rings. The summed E-state index contributed by atoms with van der Waals surface area (Å²) in [6.07, 6.45) is 4.33. The van der Waals surface area contributed by atoms with Crippen LogP contribution in [0.25, 0.3) is 0 Å². The number of benzene rings is 4. The predicted molar refractivity (Wildman–Crippen MR) is 318 cm³/mol. The highest BCUT2D eigenvalue weighted by Crippen LogP contribution is 2.35. The van der Waals surface area contributed by atoms with Gasteiger partial charge in [-0.05, 0) is 137 Å². The van der Waals surface area contributed by atoms with Gasteiger partial charge in [-0.3, -0.25) is 9.59 Å². The van der Waals surface area contributed by atoms with Gasteiger partial charge in [-0.2, -0.15) is 10.5 Å². The highest BCUT2D eigenvalue weighted by atomic mass is 128. The van der Waals surface area contributed by atoms with Gasteiger partial charge in [0.25, 0.3) is 6.48 Å². The van der Waals surface area contributed by atoms with Crippen molar-refractivity contribution in [2.45, 2.75) is 32.2 Å². The third kappa shape index (κ3) is 22.8. The molecule has 13 nitrogen and oxygen atoms in total. The Morgan fingerprint density at radius 2 is 1.10 bits per heavy atom. The highest BCUT2D eigenvalue weighted by molar-refractivity contribution is 15.0. The molecule has 0 fully saturated rings. The van der Waals surface area contributed by atoms with E-state index in [1.165, 1.54) is 45.7 Å². The number of aldehydes is 2. The average Bonchev–Trinajstić information content (AvgIpc) is 3.37. The van der Waals surface area contributed by atoms with Gasteiger partial charge in [0.2, 0.25) is 0 Å². The van der Waals surface area contributed by atoms with Crippen LogP contribution in [0.2, 0.25) is 10.0 Å². The number of ether oxygens (including phenoxy) is 6. The van der Waals surface area contributed by atoms with E-state index in [1.54, 1.807) is 36.5 Å². The summed E-state index contributed by atoms with van der Waals surface area (Å²) in [6, 6.07) is 28.3. The molecule has 0 spiro atoms. The summed E-state index contributed by atoms with van der Waals surface area (Å²) in [7, 11) is 4.53. The lowest BCUT2D eigenvalue weighted by Gasteiger charge is -2.14. The zero-order valence-electron chi connectivity index (χ0n) is 36.1. The van der Waals surface area contributed by atoms with E-state index in [4.69, 9.17) is 59.5 Å². The van der Waals surface area contributed by atoms with Crippen molar-refractivity contribution in [2.75, 3.05) is 21.3 Å². The number of phenolic OH excluding ortho intramolecular Hbond substituents is 1. The lowest BCUT2D eigenvalue weighted by molar-refractivity contribution is -0.252. The van der Waals surface area contributed by atoms with E-state index in [1.807, 2.05) is 48.5 Å². The number of carbonyl (C=O) groups excluding carboxylic acids is 2. The SMILES string of the molecule is COC(OC)OC.I.II.N#Cc1cc(CCl)ccn1.N#Cc1cc(COc2cc(OCc3cccc(I)c3Br)c(Cl)cc2C=O)ccn1.O=Cc1cc(Cl)c(OCc2cccc(I)c2Br)cc1O. The zero-order chi connectivity index (χ0) is 50.6. The quantitative estimate of drug-likeness (QED) is 0.0444. The van der Waals surface area contributed by atoms with E-state index in [-0.39, 0.29) is 46.9 Å². The summed E-state index contributed by atoms with van der Waals surface area (Å²) in [4.78, 5) is 29.8. The Hall–Kier alpha value is -1.94. The Morgan fingerprint density at radius 3 is 1.54 bits per heavy atom. The maximum Gasteiger partial charge on any atom is 0.270 e. The molecule has 0 saturated carbocycles. The van der Waals surface area contributed by atoms with Crippen LogP contribution < -0.4 is 14.2 Å². The molecule has 23 heteroatoms. The van der Waals surface area contributed by atoms with Crippen molar-refractivity contribution >= 4 is 186 Å². The molecule has 0 bridgehead atoms.